The topological polar surface area (TPSA) is 151 Å². The maximum atomic E-state index is 11.8. The monoisotopic (exact) mass is 270 g/mol. The van der Waals surface area contributed by atoms with E-state index in [1.54, 1.807) is 0 Å². The number of nitrogens with zero attached hydrogens (tertiary/aromatic N) is 3. The lowest BCUT2D eigenvalue weighted by Gasteiger charge is -2.11. The molecule has 0 unspecified atom stereocenters. The first kappa shape index (κ1) is 13.3. The molecule has 0 saturated carbocycles. The zero-order valence-corrected chi connectivity index (χ0v) is 10.1. The highest BCUT2D eigenvalue weighted by molar-refractivity contribution is 5.73. The van der Waals surface area contributed by atoms with Crippen molar-refractivity contribution in [3.63, 3.8) is 0 Å². The van der Waals surface area contributed by atoms with Crippen LogP contribution in [0.25, 0.3) is 11.2 Å². The van der Waals surface area contributed by atoms with Gasteiger partial charge in [0.05, 0.1) is 19.3 Å². The van der Waals surface area contributed by atoms with Crippen molar-refractivity contribution in [2.75, 3.05) is 12.0 Å². The summed E-state index contributed by atoms with van der Waals surface area (Å²) in [4.78, 5) is 29.4. The number of aliphatic hydroxyl groups is 2. The van der Waals surface area contributed by atoms with Crippen molar-refractivity contribution in [2.45, 2.75) is 12.6 Å². The van der Waals surface area contributed by atoms with Crippen molar-refractivity contribution in [3.05, 3.63) is 20.8 Å². The van der Waals surface area contributed by atoms with Gasteiger partial charge in [-0.2, -0.15) is 4.98 Å². The van der Waals surface area contributed by atoms with Crippen LogP contribution in [0, 0.1) is 0 Å². The van der Waals surface area contributed by atoms with Crippen molar-refractivity contribution < 1.29 is 10.2 Å². The van der Waals surface area contributed by atoms with Gasteiger partial charge in [-0.15, -0.1) is 0 Å². The molecule has 0 spiro atoms. The fourth-order valence-electron chi connectivity index (χ4n) is 1.79. The zero-order chi connectivity index (χ0) is 14.2. The number of anilines is 1. The van der Waals surface area contributed by atoms with Crippen LogP contribution in [0.15, 0.2) is 9.59 Å². The number of aromatic amines is 1. The van der Waals surface area contributed by atoms with Gasteiger partial charge in [0.1, 0.15) is 0 Å². The summed E-state index contributed by atoms with van der Waals surface area (Å²) in [6.45, 7) is -0.568. The number of hydrogen-bond acceptors (Lipinski definition) is 7. The van der Waals surface area contributed by atoms with Crippen LogP contribution < -0.4 is 22.5 Å². The molecule has 6 N–H and O–H groups in total. The summed E-state index contributed by atoms with van der Waals surface area (Å²) < 4.78 is 2.45. The number of aliphatic hydroxyl groups excluding tert-OH is 2. The molecule has 0 fully saturated rings. The maximum absolute atomic E-state index is 11.8. The van der Waals surface area contributed by atoms with E-state index in [2.05, 4.69) is 15.4 Å². The highest BCUT2D eigenvalue weighted by Crippen LogP contribution is 2.14. The third-order valence-electron chi connectivity index (χ3n) is 2.74. The number of nitrogen functional groups attached to an aromatic ring is 1. The van der Waals surface area contributed by atoms with Gasteiger partial charge in [-0.25, -0.2) is 10.6 Å². The molecule has 2 rings (SSSR count). The van der Waals surface area contributed by atoms with E-state index in [0.717, 1.165) is 4.57 Å². The van der Waals surface area contributed by atoms with Gasteiger partial charge in [0, 0.05) is 7.05 Å². The van der Waals surface area contributed by atoms with E-state index in [0.29, 0.717) is 0 Å². The van der Waals surface area contributed by atoms with Crippen LogP contribution in [0.5, 0.6) is 0 Å². The number of nitrogens with two attached hydrogens (primary N) is 1. The average Bonchev–Trinajstić information content (AvgIpc) is 2.75. The molecule has 104 valence electrons. The molecule has 0 amide bonds. The molecule has 0 aliphatic rings. The van der Waals surface area contributed by atoms with Crippen molar-refractivity contribution >= 4 is 17.1 Å². The summed E-state index contributed by atoms with van der Waals surface area (Å²) in [5, 5.41) is 18.3. The third-order valence-corrected chi connectivity index (χ3v) is 2.74. The fraction of sp³-hybridized carbons (Fsp3) is 0.444. The van der Waals surface area contributed by atoms with Crippen LogP contribution in [0.4, 0.5) is 5.95 Å². The Labute approximate surface area is 106 Å². The molecule has 0 bridgehead atoms. The summed E-state index contributed by atoms with van der Waals surface area (Å²) in [6, 6.07) is 0. The van der Waals surface area contributed by atoms with E-state index >= 15 is 0 Å². The van der Waals surface area contributed by atoms with Gasteiger partial charge in [0.25, 0.3) is 5.56 Å². The average molecular weight is 270 g/mol. The van der Waals surface area contributed by atoms with Crippen LogP contribution in [0.1, 0.15) is 0 Å². The highest BCUT2D eigenvalue weighted by atomic mass is 16.3. The number of aromatic nitrogens is 4. The fourth-order valence-corrected chi connectivity index (χ4v) is 1.79. The molecule has 2 heterocycles. The Morgan fingerprint density at radius 2 is 2.21 bits per heavy atom. The van der Waals surface area contributed by atoms with E-state index in [9.17, 15) is 14.7 Å². The lowest BCUT2D eigenvalue weighted by Crippen LogP contribution is -2.30. The first-order valence-corrected chi connectivity index (χ1v) is 5.44. The predicted octanol–water partition coefficient (Wildman–Crippen LogP) is -2.94. The molecule has 0 aliphatic heterocycles. The molecule has 0 saturated heterocycles. The number of rotatable bonds is 4. The first-order chi connectivity index (χ1) is 8.99. The Hall–Kier alpha value is -2.17. The number of H-pyrrole nitrogens is 1. The van der Waals surface area contributed by atoms with Gasteiger partial charge in [0.2, 0.25) is 5.95 Å². The quantitative estimate of drug-likeness (QED) is 0.294. The predicted molar refractivity (Wildman–Crippen MR) is 66.5 cm³/mol. The van der Waals surface area contributed by atoms with Crippen LogP contribution in [-0.4, -0.2) is 42.0 Å². The molecule has 0 aromatic carbocycles. The summed E-state index contributed by atoms with van der Waals surface area (Å²) in [5.41, 5.74) is 1.25. The molecular weight excluding hydrogens is 256 g/mol. The number of hydrogen-bond donors (Lipinski definition) is 5. The van der Waals surface area contributed by atoms with Gasteiger partial charge in [-0.3, -0.25) is 19.8 Å². The number of nitrogens with one attached hydrogen (secondary N) is 2. The van der Waals surface area contributed by atoms with Gasteiger partial charge >= 0.3 is 5.69 Å². The number of fused-ring (bicyclic) bond motifs is 1. The normalized spacial score (nSPS) is 12.8. The van der Waals surface area contributed by atoms with Crippen LogP contribution in [-0.2, 0) is 13.6 Å². The molecular formula is C9H14N6O4. The van der Waals surface area contributed by atoms with E-state index in [-0.39, 0.29) is 23.7 Å². The molecule has 10 heteroatoms. The van der Waals surface area contributed by atoms with Crippen molar-refractivity contribution in [1.82, 2.24) is 19.1 Å². The van der Waals surface area contributed by atoms with E-state index < -0.39 is 24.0 Å². The summed E-state index contributed by atoms with van der Waals surface area (Å²) in [5.74, 6) is 5.40. The summed E-state index contributed by atoms with van der Waals surface area (Å²) in [6.07, 6.45) is -1.08. The van der Waals surface area contributed by atoms with Gasteiger partial charge in [0.15, 0.2) is 11.2 Å². The minimum absolute atomic E-state index is 0.0857. The molecule has 19 heavy (non-hydrogen) atoms. The van der Waals surface area contributed by atoms with Gasteiger partial charge in [-0.1, -0.05) is 0 Å². The Morgan fingerprint density at radius 1 is 1.53 bits per heavy atom. The van der Waals surface area contributed by atoms with Crippen LogP contribution >= 0.6 is 0 Å². The molecule has 2 aromatic heterocycles. The highest BCUT2D eigenvalue weighted by Gasteiger charge is 2.18. The second-order valence-electron chi connectivity index (χ2n) is 4.02. The molecule has 0 radical (unpaired) electrons. The Bertz CT molecular complexity index is 714. The standard InChI is InChI=1S/C9H14N6O4/c1-14-6-5(7(18)12-9(14)19)15(2-4(17)3-16)8(11-6)13-10/h4,16-17H,2-3,10H2,1H3,(H,11,13)(H,12,18,19)/t4-/m0/s1. The minimum atomic E-state index is -1.08. The number of imidazole rings is 1. The summed E-state index contributed by atoms with van der Waals surface area (Å²) in [7, 11) is 1.45. The summed E-state index contributed by atoms with van der Waals surface area (Å²) >= 11 is 0. The maximum Gasteiger partial charge on any atom is 0.329 e. The second kappa shape index (κ2) is 4.84. The van der Waals surface area contributed by atoms with Gasteiger partial charge < -0.3 is 14.8 Å². The Balaban J connectivity index is 2.78. The van der Waals surface area contributed by atoms with Gasteiger partial charge in [-0.05, 0) is 0 Å². The molecule has 10 nitrogen and oxygen atoms in total. The minimum Gasteiger partial charge on any atom is -0.394 e. The molecule has 1 atom stereocenters. The lowest BCUT2D eigenvalue weighted by molar-refractivity contribution is 0.0825. The van der Waals surface area contributed by atoms with Crippen molar-refractivity contribution in [1.29, 1.82) is 0 Å². The van der Waals surface area contributed by atoms with E-state index in [4.69, 9.17) is 10.9 Å². The lowest BCUT2D eigenvalue weighted by atomic mass is 10.3. The molecule has 0 aliphatic carbocycles. The number of aryl methyl sites for hydroxylation is 1. The third kappa shape index (κ3) is 2.12. The number of hydrazine groups is 1. The molecule has 2 aromatic rings. The Morgan fingerprint density at radius 3 is 2.79 bits per heavy atom. The SMILES string of the molecule is Cn1c(=O)[nH]c(=O)c2c1nc(NN)n2C[C@H](O)CO. The van der Waals surface area contributed by atoms with Crippen LogP contribution in [0.3, 0.4) is 0 Å². The smallest absolute Gasteiger partial charge is 0.329 e. The van der Waals surface area contributed by atoms with E-state index in [1.807, 2.05) is 0 Å². The largest absolute Gasteiger partial charge is 0.394 e. The second-order valence-corrected chi connectivity index (χ2v) is 4.02. The van der Waals surface area contributed by atoms with Crippen molar-refractivity contribution in [2.24, 2.45) is 12.9 Å². The zero-order valence-electron chi connectivity index (χ0n) is 10.1. The first-order valence-electron chi connectivity index (χ1n) is 5.44. The Kier molecular flexibility index (Phi) is 3.38. The van der Waals surface area contributed by atoms with Crippen molar-refractivity contribution in [3.8, 4) is 0 Å². The van der Waals surface area contributed by atoms with Crippen LogP contribution in [0.2, 0.25) is 0 Å². The van der Waals surface area contributed by atoms with E-state index in [1.165, 1.54) is 11.6 Å².